The molecule has 21 heavy (non-hydrogen) atoms. The van der Waals surface area contributed by atoms with E-state index >= 15 is 0 Å². The van der Waals surface area contributed by atoms with E-state index in [0.29, 0.717) is 6.54 Å². The topological polar surface area (TPSA) is 60.2 Å². The monoisotopic (exact) mass is 297 g/mol. The third-order valence-electron chi connectivity index (χ3n) is 3.09. The van der Waals surface area contributed by atoms with Gasteiger partial charge in [0.25, 0.3) is 0 Å². The van der Waals surface area contributed by atoms with E-state index in [1.165, 1.54) is 0 Å². The van der Waals surface area contributed by atoms with Crippen LogP contribution in [-0.4, -0.2) is 23.8 Å². The van der Waals surface area contributed by atoms with Crippen molar-refractivity contribution >= 4 is 0 Å². The lowest BCUT2D eigenvalue weighted by Gasteiger charge is -2.12. The molecule has 0 aliphatic heterocycles. The Morgan fingerprint density at radius 1 is 1.29 bits per heavy atom. The van der Waals surface area contributed by atoms with Gasteiger partial charge in [0.05, 0.1) is 13.7 Å². The van der Waals surface area contributed by atoms with Gasteiger partial charge in [0, 0.05) is 6.54 Å². The molecule has 2 rings (SSSR count). The Balaban J connectivity index is 1.81. The molecule has 7 heteroatoms. The predicted octanol–water partition coefficient (Wildman–Crippen LogP) is 2.91. The first-order valence-electron chi connectivity index (χ1n) is 6.55. The summed E-state index contributed by atoms with van der Waals surface area (Å²) < 4.78 is 34.4. The molecule has 1 aromatic heterocycles. The number of halogens is 2. The Labute approximate surface area is 121 Å². The zero-order valence-electron chi connectivity index (χ0n) is 11.8. The van der Waals surface area contributed by atoms with Crippen molar-refractivity contribution in [3.05, 3.63) is 41.5 Å². The van der Waals surface area contributed by atoms with Crippen molar-refractivity contribution in [1.82, 2.24) is 15.5 Å². The Morgan fingerprint density at radius 3 is 2.57 bits per heavy atom. The standard InChI is InChI=1S/C14H17F2N3O2/c1-9(10-3-5-11(20-2)6-4-10)7-17-8-12-18-14(13(15)16)19-21-12/h3-6,9,13,17H,7-8H2,1-2H3. The average Bonchev–Trinajstić information content (AvgIpc) is 2.96. The highest BCUT2D eigenvalue weighted by atomic mass is 19.3. The first-order valence-corrected chi connectivity index (χ1v) is 6.55. The van der Waals surface area contributed by atoms with Crippen LogP contribution >= 0.6 is 0 Å². The summed E-state index contributed by atoms with van der Waals surface area (Å²) in [6.07, 6.45) is -2.71. The van der Waals surface area contributed by atoms with E-state index in [0.717, 1.165) is 11.3 Å². The lowest BCUT2D eigenvalue weighted by atomic mass is 10.0. The highest BCUT2D eigenvalue weighted by molar-refractivity contribution is 5.29. The van der Waals surface area contributed by atoms with Crippen LogP contribution in [0.5, 0.6) is 5.75 Å². The summed E-state index contributed by atoms with van der Waals surface area (Å²) in [7, 11) is 1.62. The van der Waals surface area contributed by atoms with Gasteiger partial charge >= 0.3 is 6.43 Å². The van der Waals surface area contributed by atoms with Gasteiger partial charge in [0.15, 0.2) is 0 Å². The maximum Gasteiger partial charge on any atom is 0.300 e. The van der Waals surface area contributed by atoms with Crippen LogP contribution < -0.4 is 10.1 Å². The molecule has 1 heterocycles. The number of alkyl halides is 2. The van der Waals surface area contributed by atoms with Crippen molar-refractivity contribution in [3.63, 3.8) is 0 Å². The van der Waals surface area contributed by atoms with Crippen LogP contribution in [0.15, 0.2) is 28.8 Å². The van der Waals surface area contributed by atoms with Gasteiger partial charge in [-0.05, 0) is 23.6 Å². The average molecular weight is 297 g/mol. The molecule has 0 spiro atoms. The fraction of sp³-hybridized carbons (Fsp3) is 0.429. The third-order valence-corrected chi connectivity index (χ3v) is 3.09. The molecule has 0 bridgehead atoms. The molecule has 1 N–H and O–H groups in total. The summed E-state index contributed by atoms with van der Waals surface area (Å²) in [6, 6.07) is 7.79. The number of methoxy groups -OCH3 is 1. The van der Waals surface area contributed by atoms with E-state index in [2.05, 4.69) is 22.4 Å². The number of ether oxygens (including phenoxy) is 1. The van der Waals surface area contributed by atoms with Gasteiger partial charge in [-0.15, -0.1) is 0 Å². The number of nitrogens with zero attached hydrogens (tertiary/aromatic N) is 2. The largest absolute Gasteiger partial charge is 0.497 e. The van der Waals surface area contributed by atoms with E-state index in [-0.39, 0.29) is 18.4 Å². The van der Waals surface area contributed by atoms with E-state index in [4.69, 9.17) is 9.26 Å². The second-order valence-corrected chi connectivity index (χ2v) is 4.65. The molecule has 0 radical (unpaired) electrons. The minimum Gasteiger partial charge on any atom is -0.497 e. The summed E-state index contributed by atoms with van der Waals surface area (Å²) >= 11 is 0. The smallest absolute Gasteiger partial charge is 0.300 e. The van der Waals surface area contributed by atoms with Gasteiger partial charge < -0.3 is 14.6 Å². The van der Waals surface area contributed by atoms with E-state index in [9.17, 15) is 8.78 Å². The summed E-state index contributed by atoms with van der Waals surface area (Å²) in [5, 5.41) is 6.31. The molecule has 0 fully saturated rings. The van der Waals surface area contributed by atoms with Crippen LogP contribution in [0.1, 0.15) is 36.5 Å². The minimum absolute atomic E-state index is 0.159. The Morgan fingerprint density at radius 2 is 2.00 bits per heavy atom. The van der Waals surface area contributed by atoms with Crippen LogP contribution in [0.3, 0.4) is 0 Å². The van der Waals surface area contributed by atoms with Crippen molar-refractivity contribution < 1.29 is 18.0 Å². The summed E-state index contributed by atoms with van der Waals surface area (Å²) in [4.78, 5) is 3.60. The Hall–Kier alpha value is -2.02. The molecule has 0 saturated heterocycles. The number of rotatable bonds is 7. The molecule has 114 valence electrons. The van der Waals surface area contributed by atoms with Crippen LogP contribution in [0, 0.1) is 0 Å². The Kier molecular flexibility index (Phi) is 5.21. The molecule has 0 saturated carbocycles. The maximum atomic E-state index is 12.3. The fourth-order valence-electron chi connectivity index (χ4n) is 1.87. The predicted molar refractivity (Wildman–Crippen MR) is 72.4 cm³/mol. The first kappa shape index (κ1) is 15.4. The molecule has 0 aliphatic rings. The van der Waals surface area contributed by atoms with Crippen LogP contribution in [0.4, 0.5) is 8.78 Å². The zero-order chi connectivity index (χ0) is 15.2. The number of hydrogen-bond acceptors (Lipinski definition) is 5. The Bertz CT molecular complexity index is 558. The molecule has 0 aliphatic carbocycles. The summed E-state index contributed by atoms with van der Waals surface area (Å²) in [5.74, 6) is 0.653. The van der Waals surface area contributed by atoms with Crippen LogP contribution in [-0.2, 0) is 6.54 Å². The van der Waals surface area contributed by atoms with Crippen LogP contribution in [0.2, 0.25) is 0 Å². The molecule has 0 amide bonds. The third kappa shape index (κ3) is 4.22. The molecule has 2 aromatic rings. The van der Waals surface area contributed by atoms with Crippen molar-refractivity contribution in [2.45, 2.75) is 25.8 Å². The van der Waals surface area contributed by atoms with E-state index in [1.54, 1.807) is 7.11 Å². The number of nitrogens with one attached hydrogen (secondary N) is 1. The molecular formula is C14H17F2N3O2. The normalized spacial score (nSPS) is 12.6. The lowest BCUT2D eigenvalue weighted by molar-refractivity contribution is 0.136. The van der Waals surface area contributed by atoms with Crippen molar-refractivity contribution in [1.29, 1.82) is 0 Å². The lowest BCUT2D eigenvalue weighted by Crippen LogP contribution is -2.19. The van der Waals surface area contributed by atoms with Gasteiger partial charge in [0.2, 0.25) is 11.7 Å². The van der Waals surface area contributed by atoms with Gasteiger partial charge in [0.1, 0.15) is 5.75 Å². The van der Waals surface area contributed by atoms with Crippen molar-refractivity contribution in [3.8, 4) is 5.75 Å². The number of benzene rings is 1. The molecule has 1 aromatic carbocycles. The van der Waals surface area contributed by atoms with Gasteiger partial charge in [-0.25, -0.2) is 8.78 Å². The van der Waals surface area contributed by atoms with Gasteiger partial charge in [-0.1, -0.05) is 24.2 Å². The zero-order valence-corrected chi connectivity index (χ0v) is 11.8. The molecule has 1 atom stereocenters. The summed E-state index contributed by atoms with van der Waals surface area (Å²) in [5.41, 5.74) is 1.15. The quantitative estimate of drug-likeness (QED) is 0.851. The minimum atomic E-state index is -2.71. The van der Waals surface area contributed by atoms with Gasteiger partial charge in [-0.3, -0.25) is 0 Å². The van der Waals surface area contributed by atoms with Crippen molar-refractivity contribution in [2.24, 2.45) is 0 Å². The van der Waals surface area contributed by atoms with Crippen LogP contribution in [0.25, 0.3) is 0 Å². The van der Waals surface area contributed by atoms with Crippen molar-refractivity contribution in [2.75, 3.05) is 13.7 Å². The second-order valence-electron chi connectivity index (χ2n) is 4.65. The van der Waals surface area contributed by atoms with E-state index < -0.39 is 12.2 Å². The molecular weight excluding hydrogens is 280 g/mol. The SMILES string of the molecule is COc1ccc(C(C)CNCc2nc(C(F)F)no2)cc1. The van der Waals surface area contributed by atoms with Gasteiger partial charge in [-0.2, -0.15) is 4.98 Å². The fourth-order valence-corrected chi connectivity index (χ4v) is 1.87. The first-order chi connectivity index (χ1) is 10.1. The highest BCUT2D eigenvalue weighted by Crippen LogP contribution is 2.18. The summed E-state index contributed by atoms with van der Waals surface area (Å²) in [6.45, 7) is 2.99. The number of aromatic nitrogens is 2. The number of hydrogen-bond donors (Lipinski definition) is 1. The van der Waals surface area contributed by atoms with E-state index in [1.807, 2.05) is 24.3 Å². The maximum absolute atomic E-state index is 12.3. The highest BCUT2D eigenvalue weighted by Gasteiger charge is 2.15. The molecule has 5 nitrogen and oxygen atoms in total. The second kappa shape index (κ2) is 7.12. The molecule has 1 unspecified atom stereocenters.